The van der Waals surface area contributed by atoms with E-state index in [0.29, 0.717) is 21.9 Å². The maximum Gasteiger partial charge on any atom is 0.284 e. The van der Waals surface area contributed by atoms with E-state index in [-0.39, 0.29) is 17.2 Å². The Morgan fingerprint density at radius 1 is 0.857 bits per heavy atom. The van der Waals surface area contributed by atoms with E-state index in [1.165, 1.54) is 23.9 Å². The quantitative estimate of drug-likeness (QED) is 0.239. The number of aryl methyl sites for hydroxylation is 1. The average Bonchev–Trinajstić information content (AvgIpc) is 3.32. The Hall–Kier alpha value is -4.47. The summed E-state index contributed by atoms with van der Waals surface area (Å²) in [5, 5.41) is 0.691. The monoisotopic (exact) mass is 596 g/mol. The number of carbonyl (C=O) groups is 2. The summed E-state index contributed by atoms with van der Waals surface area (Å²) in [6.07, 6.45) is 2.23. The highest BCUT2D eigenvalue weighted by atomic mass is 32.2. The molecule has 0 unspecified atom stereocenters. The summed E-state index contributed by atoms with van der Waals surface area (Å²) in [5.41, 5.74) is 5.57. The van der Waals surface area contributed by atoms with E-state index in [1.807, 2.05) is 73.7 Å². The van der Waals surface area contributed by atoms with Crippen LogP contribution in [0.15, 0.2) is 112 Å². The van der Waals surface area contributed by atoms with Crippen LogP contribution in [-0.2, 0) is 32.5 Å². The number of hydrogen-bond donors (Lipinski definition) is 1. The summed E-state index contributed by atoms with van der Waals surface area (Å²) >= 11 is 1.35. The van der Waals surface area contributed by atoms with Gasteiger partial charge >= 0.3 is 0 Å². The van der Waals surface area contributed by atoms with Gasteiger partial charge < -0.3 is 4.74 Å². The Bertz CT molecular complexity index is 1780. The molecule has 0 atom stereocenters. The van der Waals surface area contributed by atoms with Gasteiger partial charge in [-0.05, 0) is 65.1 Å². The zero-order valence-corrected chi connectivity index (χ0v) is 24.7. The number of thioether (sulfide) groups is 1. The van der Waals surface area contributed by atoms with E-state index in [4.69, 9.17) is 4.74 Å². The fourth-order valence-electron chi connectivity index (χ4n) is 4.33. The van der Waals surface area contributed by atoms with Gasteiger partial charge in [-0.1, -0.05) is 90.1 Å². The van der Waals surface area contributed by atoms with Crippen LogP contribution in [-0.4, -0.2) is 32.4 Å². The Labute approximate surface area is 249 Å². The number of nitrogens with zero attached hydrogens (tertiary/aromatic N) is 1. The minimum Gasteiger partial charge on any atom is -0.497 e. The lowest BCUT2D eigenvalue weighted by molar-refractivity contribution is -0.118. The van der Waals surface area contributed by atoms with E-state index in [0.717, 1.165) is 33.6 Å². The molecule has 4 aromatic carbocycles. The predicted molar refractivity (Wildman–Crippen MR) is 167 cm³/mol. The second-order valence-corrected chi connectivity index (χ2v) is 12.6. The van der Waals surface area contributed by atoms with Crippen molar-refractivity contribution in [2.75, 3.05) is 7.11 Å². The predicted octanol–water partition coefficient (Wildman–Crippen LogP) is 5.97. The summed E-state index contributed by atoms with van der Waals surface area (Å²) in [6, 6.07) is 29.4. The van der Waals surface area contributed by atoms with Gasteiger partial charge in [0.1, 0.15) is 5.75 Å². The zero-order valence-electron chi connectivity index (χ0n) is 23.0. The van der Waals surface area contributed by atoms with Gasteiger partial charge in [-0.25, -0.2) is 18.1 Å². The number of rotatable bonds is 9. The molecule has 1 N–H and O–H groups in total. The van der Waals surface area contributed by atoms with Crippen molar-refractivity contribution in [2.24, 2.45) is 4.99 Å². The second-order valence-electron chi connectivity index (χ2n) is 9.78. The van der Waals surface area contributed by atoms with Gasteiger partial charge in [0, 0.05) is 6.42 Å². The van der Waals surface area contributed by atoms with Crippen molar-refractivity contribution in [3.63, 3.8) is 0 Å². The fraction of sp³-hybridized carbons (Fsp3) is 0.121. The molecule has 212 valence electrons. The Kier molecular flexibility index (Phi) is 8.70. The molecule has 9 heteroatoms. The minimum absolute atomic E-state index is 0.0418. The van der Waals surface area contributed by atoms with Crippen LogP contribution >= 0.6 is 11.8 Å². The Balaban J connectivity index is 1.16. The number of sulfonamides is 1. The molecule has 0 aromatic heterocycles. The van der Waals surface area contributed by atoms with Crippen LogP contribution < -0.4 is 9.46 Å². The number of ether oxygens (including phenoxy) is 1. The zero-order chi connectivity index (χ0) is 29.7. The van der Waals surface area contributed by atoms with Crippen molar-refractivity contribution in [1.29, 1.82) is 0 Å². The minimum atomic E-state index is -3.93. The first kappa shape index (κ1) is 29.0. The van der Waals surface area contributed by atoms with Crippen LogP contribution in [0.5, 0.6) is 5.75 Å². The molecular weight excluding hydrogens is 569 g/mol. The number of methoxy groups -OCH3 is 1. The van der Waals surface area contributed by atoms with Gasteiger partial charge in [0.05, 0.1) is 28.4 Å². The molecule has 1 heterocycles. The molecule has 0 aliphatic carbocycles. The molecule has 42 heavy (non-hydrogen) atoms. The smallest absolute Gasteiger partial charge is 0.284 e. The summed E-state index contributed by atoms with van der Waals surface area (Å²) in [6.45, 7) is 1.86. The molecule has 0 fully saturated rings. The number of benzene rings is 4. The van der Waals surface area contributed by atoms with Crippen molar-refractivity contribution in [3.05, 3.63) is 124 Å². The number of nitrogens with one attached hydrogen (secondary N) is 1. The molecule has 4 aromatic rings. The number of aliphatic imine (C=N–C) groups is 1. The third-order valence-corrected chi connectivity index (χ3v) is 8.99. The maximum absolute atomic E-state index is 12.6. The summed E-state index contributed by atoms with van der Waals surface area (Å²) in [7, 11) is -2.29. The van der Waals surface area contributed by atoms with E-state index < -0.39 is 15.9 Å². The molecule has 0 radical (unpaired) electrons. The van der Waals surface area contributed by atoms with Crippen LogP contribution in [0.4, 0.5) is 0 Å². The van der Waals surface area contributed by atoms with Crippen LogP contribution in [0.25, 0.3) is 17.2 Å². The van der Waals surface area contributed by atoms with E-state index in [1.54, 1.807) is 31.4 Å². The van der Waals surface area contributed by atoms with Crippen LogP contribution in [0.2, 0.25) is 0 Å². The number of carbonyl (C=O) groups excluding carboxylic acids is 2. The summed E-state index contributed by atoms with van der Waals surface area (Å²) in [4.78, 5) is 29.8. The van der Waals surface area contributed by atoms with Crippen LogP contribution in [0.3, 0.4) is 0 Å². The van der Waals surface area contributed by atoms with Gasteiger partial charge in [0.25, 0.3) is 15.9 Å². The first-order valence-electron chi connectivity index (χ1n) is 13.1. The van der Waals surface area contributed by atoms with Crippen molar-refractivity contribution in [2.45, 2.75) is 24.7 Å². The number of amides is 2. The highest BCUT2D eigenvalue weighted by Gasteiger charge is 2.22. The van der Waals surface area contributed by atoms with Crippen LogP contribution in [0, 0.1) is 6.92 Å². The van der Waals surface area contributed by atoms with Crippen molar-refractivity contribution in [1.82, 2.24) is 4.72 Å². The first-order chi connectivity index (χ1) is 20.2. The van der Waals surface area contributed by atoms with Gasteiger partial charge in [-0.3, -0.25) is 9.59 Å². The Morgan fingerprint density at radius 3 is 2.07 bits per heavy atom. The third kappa shape index (κ3) is 7.23. The standard InChI is InChI=1S/C33H28N2O5S2/c1-22-3-17-29(18-4-22)42(38,39)35-31(36)20-24-5-7-25(8-6-24)21-32-34-33(37)30(41-32)19-23-9-11-26(12-10-23)27-13-15-28(40-2)16-14-27/h3-19H,20-21H2,1-2H3,(H,35,36). The molecule has 1 aliphatic rings. The highest BCUT2D eigenvalue weighted by molar-refractivity contribution is 8.18. The van der Waals surface area contributed by atoms with E-state index in [9.17, 15) is 18.0 Å². The van der Waals surface area contributed by atoms with E-state index >= 15 is 0 Å². The lowest BCUT2D eigenvalue weighted by Crippen LogP contribution is -2.31. The molecule has 0 saturated heterocycles. The SMILES string of the molecule is COc1ccc(-c2ccc(C=C3SC(Cc4ccc(CC(=O)NS(=O)(=O)c5ccc(C)cc5)cc4)=NC3=O)cc2)cc1. The molecule has 0 saturated carbocycles. The molecule has 0 spiro atoms. The summed E-state index contributed by atoms with van der Waals surface area (Å²) in [5.74, 6) is -0.0769. The lowest BCUT2D eigenvalue weighted by atomic mass is 10.0. The van der Waals surface area contributed by atoms with Crippen LogP contribution in [0.1, 0.15) is 22.3 Å². The largest absolute Gasteiger partial charge is 0.497 e. The second kappa shape index (κ2) is 12.6. The maximum atomic E-state index is 12.6. The molecule has 5 rings (SSSR count). The molecule has 7 nitrogen and oxygen atoms in total. The van der Waals surface area contributed by atoms with E-state index in [2.05, 4.69) is 9.71 Å². The van der Waals surface area contributed by atoms with Crippen molar-refractivity contribution in [3.8, 4) is 16.9 Å². The molecule has 0 bridgehead atoms. The molecule has 2 amide bonds. The molecule has 1 aliphatic heterocycles. The van der Waals surface area contributed by atoms with Crippen molar-refractivity contribution >= 4 is 44.7 Å². The lowest BCUT2D eigenvalue weighted by Gasteiger charge is -2.08. The third-order valence-electron chi connectivity index (χ3n) is 6.62. The number of hydrogen-bond acceptors (Lipinski definition) is 6. The van der Waals surface area contributed by atoms with Gasteiger partial charge in [0.2, 0.25) is 5.91 Å². The topological polar surface area (TPSA) is 102 Å². The fourth-order valence-corrected chi connectivity index (χ4v) is 6.27. The average molecular weight is 597 g/mol. The first-order valence-corrected chi connectivity index (χ1v) is 15.4. The van der Waals surface area contributed by atoms with Crippen molar-refractivity contribution < 1.29 is 22.7 Å². The van der Waals surface area contributed by atoms with Gasteiger partial charge in [-0.15, -0.1) is 0 Å². The highest BCUT2D eigenvalue weighted by Crippen LogP contribution is 2.31. The molecular formula is C33H28N2O5S2. The normalized spacial score (nSPS) is 14.1. The summed E-state index contributed by atoms with van der Waals surface area (Å²) < 4.78 is 32.3. The Morgan fingerprint density at radius 2 is 1.45 bits per heavy atom. The van der Waals surface area contributed by atoms with Gasteiger partial charge in [-0.2, -0.15) is 0 Å². The van der Waals surface area contributed by atoms with Gasteiger partial charge in [0.15, 0.2) is 0 Å².